The first-order valence-electron chi connectivity index (χ1n) is 8.86. The molecule has 2 aromatic rings. The predicted octanol–water partition coefficient (Wildman–Crippen LogP) is 4.71. The molecule has 0 saturated carbocycles. The highest BCUT2D eigenvalue weighted by Crippen LogP contribution is 2.36. The molecule has 6 nitrogen and oxygen atoms in total. The second kappa shape index (κ2) is 9.90. The van der Waals surface area contributed by atoms with E-state index in [1.54, 1.807) is 37.4 Å². The second-order valence-electron chi connectivity index (χ2n) is 6.43. The van der Waals surface area contributed by atoms with Gasteiger partial charge in [0, 0.05) is 28.1 Å². The monoisotopic (exact) mass is 461 g/mol. The van der Waals surface area contributed by atoms with Gasteiger partial charge in [0.25, 0.3) is 0 Å². The van der Waals surface area contributed by atoms with Crippen LogP contribution in [-0.2, 0) is 9.59 Å². The molecule has 0 bridgehead atoms. The van der Waals surface area contributed by atoms with Gasteiger partial charge in [-0.05, 0) is 35.9 Å². The van der Waals surface area contributed by atoms with Crippen molar-refractivity contribution in [3.8, 4) is 11.8 Å². The van der Waals surface area contributed by atoms with Crippen LogP contribution in [-0.4, -0.2) is 24.7 Å². The number of nitrogens with zero attached hydrogens (tertiary/aromatic N) is 1. The number of rotatable bonds is 6. The van der Waals surface area contributed by atoms with Crippen molar-refractivity contribution in [3.05, 3.63) is 68.7 Å². The van der Waals surface area contributed by atoms with Crippen LogP contribution in [0.1, 0.15) is 17.9 Å². The maximum Gasteiger partial charge on any atom is 0.234 e. The van der Waals surface area contributed by atoms with Crippen molar-refractivity contribution < 1.29 is 14.3 Å². The molecule has 0 spiro atoms. The van der Waals surface area contributed by atoms with Crippen molar-refractivity contribution in [2.75, 3.05) is 18.2 Å². The minimum absolute atomic E-state index is 0.000256. The lowest BCUT2D eigenvalue weighted by atomic mass is 9.87. The van der Waals surface area contributed by atoms with Gasteiger partial charge in [-0.25, -0.2) is 0 Å². The van der Waals surface area contributed by atoms with Gasteiger partial charge < -0.3 is 15.4 Å². The van der Waals surface area contributed by atoms with Gasteiger partial charge in [-0.3, -0.25) is 9.59 Å². The van der Waals surface area contributed by atoms with Gasteiger partial charge >= 0.3 is 0 Å². The number of nitriles is 1. The maximum atomic E-state index is 12.3. The molecule has 0 aliphatic carbocycles. The zero-order chi connectivity index (χ0) is 21.7. The number of amides is 2. The van der Waals surface area contributed by atoms with E-state index in [9.17, 15) is 14.9 Å². The van der Waals surface area contributed by atoms with Crippen LogP contribution in [0.25, 0.3) is 0 Å². The van der Waals surface area contributed by atoms with Crippen molar-refractivity contribution >= 4 is 52.5 Å². The standard InChI is InChI=1S/C21H17Cl2N3O3S/c1-29-16-4-2-12(3-5-16)17-9-19(27)26-21(18(17)10-24)30-11-20(28)25-15-7-13(22)6-14(23)8-15/h2-8,17H,9,11H2,1H3,(H,25,28)(H,26,27)/t17-/m1/s1. The van der Waals surface area contributed by atoms with E-state index < -0.39 is 0 Å². The summed E-state index contributed by atoms with van der Waals surface area (Å²) >= 11 is 13.0. The molecule has 2 aromatic carbocycles. The maximum absolute atomic E-state index is 12.3. The van der Waals surface area contributed by atoms with E-state index in [2.05, 4.69) is 16.7 Å². The number of thioether (sulfide) groups is 1. The fourth-order valence-corrected chi connectivity index (χ4v) is 4.42. The highest BCUT2D eigenvalue weighted by atomic mass is 35.5. The highest BCUT2D eigenvalue weighted by Gasteiger charge is 2.29. The fraction of sp³-hybridized carbons (Fsp3) is 0.190. The summed E-state index contributed by atoms with van der Waals surface area (Å²) in [5.74, 6) is -0.218. The second-order valence-corrected chi connectivity index (χ2v) is 8.29. The molecule has 0 unspecified atom stereocenters. The largest absolute Gasteiger partial charge is 0.497 e. The Morgan fingerprint density at radius 1 is 1.27 bits per heavy atom. The first kappa shape index (κ1) is 22.0. The van der Waals surface area contributed by atoms with Crippen molar-refractivity contribution in [1.82, 2.24) is 5.32 Å². The Morgan fingerprint density at radius 3 is 2.53 bits per heavy atom. The summed E-state index contributed by atoms with van der Waals surface area (Å²) in [4.78, 5) is 24.6. The number of anilines is 1. The van der Waals surface area contributed by atoms with E-state index in [1.165, 1.54) is 0 Å². The van der Waals surface area contributed by atoms with E-state index >= 15 is 0 Å². The summed E-state index contributed by atoms with van der Waals surface area (Å²) in [6, 6.07) is 14.1. The quantitative estimate of drug-likeness (QED) is 0.649. The lowest BCUT2D eigenvalue weighted by molar-refractivity contribution is -0.121. The smallest absolute Gasteiger partial charge is 0.234 e. The molecule has 3 rings (SSSR count). The van der Waals surface area contributed by atoms with E-state index in [1.807, 2.05) is 12.1 Å². The minimum atomic E-state index is -0.382. The summed E-state index contributed by atoms with van der Waals surface area (Å²) < 4.78 is 5.16. The van der Waals surface area contributed by atoms with Gasteiger partial charge in [-0.2, -0.15) is 5.26 Å². The minimum Gasteiger partial charge on any atom is -0.497 e. The Balaban J connectivity index is 1.75. The van der Waals surface area contributed by atoms with Gasteiger partial charge in [0.15, 0.2) is 0 Å². The molecule has 0 saturated heterocycles. The molecular weight excluding hydrogens is 445 g/mol. The molecule has 1 atom stereocenters. The third kappa shape index (κ3) is 5.48. The number of halogens is 2. The van der Waals surface area contributed by atoms with E-state index in [4.69, 9.17) is 27.9 Å². The summed E-state index contributed by atoms with van der Waals surface area (Å²) in [7, 11) is 1.57. The van der Waals surface area contributed by atoms with Crippen LogP contribution in [0.2, 0.25) is 10.0 Å². The molecular formula is C21H17Cl2N3O3S. The number of hydrogen-bond donors (Lipinski definition) is 2. The number of methoxy groups -OCH3 is 1. The van der Waals surface area contributed by atoms with Gasteiger partial charge in [0.2, 0.25) is 11.8 Å². The summed E-state index contributed by atoms with van der Waals surface area (Å²) in [6.45, 7) is 0. The molecule has 1 aliphatic heterocycles. The normalized spacial score (nSPS) is 15.9. The number of nitrogens with one attached hydrogen (secondary N) is 2. The SMILES string of the molecule is COc1ccc([C@H]2CC(=O)NC(SCC(=O)Nc3cc(Cl)cc(Cl)c3)=C2C#N)cc1. The van der Waals surface area contributed by atoms with E-state index in [0.717, 1.165) is 17.3 Å². The molecule has 154 valence electrons. The van der Waals surface area contributed by atoms with Crippen LogP contribution in [0.15, 0.2) is 53.1 Å². The van der Waals surface area contributed by atoms with Gasteiger partial charge in [-0.1, -0.05) is 47.1 Å². The lowest BCUT2D eigenvalue weighted by Crippen LogP contribution is -2.31. The van der Waals surface area contributed by atoms with Crippen LogP contribution in [0, 0.1) is 11.3 Å². The van der Waals surface area contributed by atoms with Crippen molar-refractivity contribution in [1.29, 1.82) is 5.26 Å². The molecule has 2 amide bonds. The average Bonchev–Trinajstić information content (AvgIpc) is 2.71. The Labute approximate surface area is 188 Å². The number of allylic oxidation sites excluding steroid dienone is 1. The fourth-order valence-electron chi connectivity index (χ4n) is 3.01. The highest BCUT2D eigenvalue weighted by molar-refractivity contribution is 8.03. The van der Waals surface area contributed by atoms with Crippen molar-refractivity contribution in [3.63, 3.8) is 0 Å². The van der Waals surface area contributed by atoms with Crippen molar-refractivity contribution in [2.45, 2.75) is 12.3 Å². The third-order valence-corrected chi connectivity index (χ3v) is 5.82. The molecule has 0 radical (unpaired) electrons. The molecule has 0 aromatic heterocycles. The van der Waals surface area contributed by atoms with Crippen molar-refractivity contribution in [2.24, 2.45) is 0 Å². The molecule has 2 N–H and O–H groups in total. The predicted molar refractivity (Wildman–Crippen MR) is 119 cm³/mol. The van der Waals surface area contributed by atoms with Crippen LogP contribution < -0.4 is 15.4 Å². The van der Waals surface area contributed by atoms with Gasteiger partial charge in [0.05, 0.1) is 29.5 Å². The number of hydrogen-bond acceptors (Lipinski definition) is 5. The third-order valence-electron chi connectivity index (χ3n) is 4.37. The number of benzene rings is 2. The van der Waals surface area contributed by atoms with Crippen LogP contribution >= 0.6 is 35.0 Å². The summed E-state index contributed by atoms with van der Waals surface area (Å²) in [6.07, 6.45) is 0.159. The van der Waals surface area contributed by atoms with E-state index in [0.29, 0.717) is 32.1 Å². The zero-order valence-electron chi connectivity index (χ0n) is 15.9. The Morgan fingerprint density at radius 2 is 1.93 bits per heavy atom. The van der Waals surface area contributed by atoms with Crippen LogP contribution in [0.3, 0.4) is 0 Å². The van der Waals surface area contributed by atoms with Crippen LogP contribution in [0.4, 0.5) is 5.69 Å². The molecule has 1 aliphatic rings. The van der Waals surface area contributed by atoms with Gasteiger partial charge in [-0.15, -0.1) is 0 Å². The first-order valence-corrected chi connectivity index (χ1v) is 10.6. The van der Waals surface area contributed by atoms with Gasteiger partial charge in [0.1, 0.15) is 5.75 Å². The Bertz CT molecular complexity index is 1030. The van der Waals surface area contributed by atoms with Crippen LogP contribution in [0.5, 0.6) is 5.75 Å². The number of carbonyl (C=O) groups excluding carboxylic acids is 2. The Hall–Kier alpha value is -2.66. The zero-order valence-corrected chi connectivity index (χ0v) is 18.2. The number of ether oxygens (including phenoxy) is 1. The van der Waals surface area contributed by atoms with E-state index in [-0.39, 0.29) is 29.9 Å². The lowest BCUT2D eigenvalue weighted by Gasteiger charge is -2.25. The molecule has 1 heterocycles. The number of carbonyl (C=O) groups is 2. The first-order chi connectivity index (χ1) is 14.4. The molecule has 0 fully saturated rings. The summed E-state index contributed by atoms with van der Waals surface area (Å²) in [5, 5.41) is 16.3. The average molecular weight is 462 g/mol. The molecule has 30 heavy (non-hydrogen) atoms. The topological polar surface area (TPSA) is 91.2 Å². The summed E-state index contributed by atoms with van der Waals surface area (Å²) in [5.41, 5.74) is 1.72. The Kier molecular flexibility index (Phi) is 7.27. The molecule has 9 heteroatoms.